The minimum absolute atomic E-state index is 0.0952. The number of hydrogen-bond acceptors (Lipinski definition) is 8. The van der Waals surface area contributed by atoms with Gasteiger partial charge in [-0.3, -0.25) is 9.71 Å². The summed E-state index contributed by atoms with van der Waals surface area (Å²) in [6, 6.07) is 12.3. The van der Waals surface area contributed by atoms with Gasteiger partial charge >= 0.3 is 5.97 Å². The molecule has 1 aromatic heterocycles. The van der Waals surface area contributed by atoms with Gasteiger partial charge in [0.2, 0.25) is 5.89 Å². The lowest BCUT2D eigenvalue weighted by Gasteiger charge is -2.07. The van der Waals surface area contributed by atoms with Crippen LogP contribution in [0, 0.1) is 0 Å². The monoisotopic (exact) mass is 446 g/mol. The summed E-state index contributed by atoms with van der Waals surface area (Å²) in [5.74, 6) is -0.196. The number of benzene rings is 2. The van der Waals surface area contributed by atoms with Crippen molar-refractivity contribution in [1.29, 1.82) is 0 Å². The van der Waals surface area contributed by atoms with Crippen LogP contribution >= 0.6 is 11.6 Å². The smallest absolute Gasteiger partial charge is 0.331 e. The van der Waals surface area contributed by atoms with E-state index in [0.29, 0.717) is 16.1 Å². The van der Waals surface area contributed by atoms with E-state index in [1.54, 1.807) is 42.5 Å². The van der Waals surface area contributed by atoms with E-state index in [1.165, 1.54) is 13.0 Å². The van der Waals surface area contributed by atoms with Crippen molar-refractivity contribution in [1.82, 2.24) is 14.9 Å². The second-order valence-corrected chi connectivity index (χ2v) is 8.46. The van der Waals surface area contributed by atoms with Crippen LogP contribution in [-0.4, -0.2) is 36.5 Å². The van der Waals surface area contributed by atoms with Gasteiger partial charge in [0.05, 0.1) is 4.90 Å². The second kappa shape index (κ2) is 7.88. The van der Waals surface area contributed by atoms with E-state index in [0.717, 1.165) is 0 Å². The fourth-order valence-corrected chi connectivity index (χ4v) is 4.12. The summed E-state index contributed by atoms with van der Waals surface area (Å²) in [5, 5.41) is 8.33. The number of carbonyl (C=O) groups is 1. The Kier molecular flexibility index (Phi) is 5.27. The molecule has 0 saturated heterocycles. The van der Waals surface area contributed by atoms with E-state index in [2.05, 4.69) is 19.9 Å². The van der Waals surface area contributed by atoms with E-state index < -0.39 is 22.0 Å². The maximum absolute atomic E-state index is 12.3. The number of hydrogen-bond donors (Lipinski definition) is 1. The van der Waals surface area contributed by atoms with Gasteiger partial charge in [-0.05, 0) is 43.3 Å². The van der Waals surface area contributed by atoms with Crippen molar-refractivity contribution in [3.05, 3.63) is 65.0 Å². The lowest BCUT2D eigenvalue weighted by Crippen LogP contribution is -2.26. The van der Waals surface area contributed by atoms with E-state index >= 15 is 0 Å². The molecule has 2 aromatic carbocycles. The van der Waals surface area contributed by atoms with Crippen molar-refractivity contribution in [3.63, 3.8) is 0 Å². The number of aliphatic imine (C=N–C) groups is 1. The molecule has 2 heterocycles. The van der Waals surface area contributed by atoms with Gasteiger partial charge in [-0.1, -0.05) is 23.7 Å². The molecule has 30 heavy (non-hydrogen) atoms. The van der Waals surface area contributed by atoms with Crippen LogP contribution in [0.3, 0.4) is 0 Å². The number of rotatable bonds is 5. The van der Waals surface area contributed by atoms with Crippen molar-refractivity contribution in [2.24, 2.45) is 4.99 Å². The zero-order valence-electron chi connectivity index (χ0n) is 15.6. The molecular weight excluding hydrogens is 432 g/mol. The highest BCUT2D eigenvalue weighted by Crippen LogP contribution is 2.23. The third-order valence-electron chi connectivity index (χ3n) is 4.22. The van der Waals surface area contributed by atoms with Crippen LogP contribution in [0.15, 0.2) is 62.8 Å². The molecule has 9 nitrogen and oxygen atoms in total. The summed E-state index contributed by atoms with van der Waals surface area (Å²) < 4.78 is 37.2. The van der Waals surface area contributed by atoms with Gasteiger partial charge in [0.25, 0.3) is 15.9 Å². The molecule has 0 unspecified atom stereocenters. The number of halogens is 1. The average Bonchev–Trinajstić information content (AvgIpc) is 3.30. The normalized spacial score (nSPS) is 16.7. The van der Waals surface area contributed by atoms with Crippen molar-refractivity contribution >= 4 is 33.4 Å². The van der Waals surface area contributed by atoms with Crippen molar-refractivity contribution < 1.29 is 22.4 Å². The summed E-state index contributed by atoms with van der Waals surface area (Å²) in [7, 11) is -3.68. The van der Waals surface area contributed by atoms with Crippen LogP contribution in [0.1, 0.15) is 18.4 Å². The molecule has 0 amide bonds. The summed E-state index contributed by atoms with van der Waals surface area (Å²) in [6.45, 7) is 1.26. The largest absolute Gasteiger partial charge is 0.454 e. The van der Waals surface area contributed by atoms with Gasteiger partial charge in [-0.2, -0.15) is 0 Å². The molecular formula is C19H15ClN4O5S. The first kappa shape index (κ1) is 20.0. The maximum atomic E-state index is 12.3. The minimum Gasteiger partial charge on any atom is -0.454 e. The molecule has 0 fully saturated rings. The number of amidine groups is 1. The zero-order valence-corrected chi connectivity index (χ0v) is 17.1. The topological polar surface area (TPSA) is 124 Å². The van der Waals surface area contributed by atoms with Crippen molar-refractivity contribution in [2.45, 2.75) is 24.5 Å². The van der Waals surface area contributed by atoms with Gasteiger partial charge in [-0.25, -0.2) is 13.2 Å². The fourth-order valence-electron chi connectivity index (χ4n) is 2.75. The van der Waals surface area contributed by atoms with Crippen LogP contribution in [0.5, 0.6) is 0 Å². The SMILES string of the molecule is C[C@H](N=C1NS(=O)(=O)c2ccccc21)C(=O)OCc1nnc(-c2ccc(Cl)cc2)o1. The lowest BCUT2D eigenvalue weighted by atomic mass is 10.2. The molecule has 154 valence electrons. The molecule has 1 aliphatic rings. The molecule has 4 rings (SSSR count). The van der Waals surface area contributed by atoms with E-state index in [9.17, 15) is 13.2 Å². The van der Waals surface area contributed by atoms with Gasteiger partial charge in [0.1, 0.15) is 11.9 Å². The molecule has 1 atom stereocenters. The highest BCUT2D eigenvalue weighted by atomic mass is 35.5. The molecule has 0 spiro atoms. The van der Waals surface area contributed by atoms with E-state index in [-0.39, 0.29) is 29.1 Å². The molecule has 1 aliphatic heterocycles. The standard InChI is InChI=1S/C19H15ClN4O5S/c1-11(21-17-14-4-2-3-5-15(14)30(26,27)24-17)19(25)28-10-16-22-23-18(29-16)12-6-8-13(20)9-7-12/h2-9,11H,10H2,1H3,(H,21,24)/t11-/m0/s1. The molecule has 0 aliphatic carbocycles. The number of ether oxygens (including phenoxy) is 1. The Balaban J connectivity index is 1.42. The highest BCUT2D eigenvalue weighted by molar-refractivity contribution is 7.90. The molecule has 1 N–H and O–H groups in total. The van der Waals surface area contributed by atoms with Crippen LogP contribution in [-0.2, 0) is 26.2 Å². The quantitative estimate of drug-likeness (QED) is 0.597. The predicted octanol–water partition coefficient (Wildman–Crippen LogP) is 2.56. The first-order valence-electron chi connectivity index (χ1n) is 8.78. The third-order valence-corrected chi connectivity index (χ3v) is 5.87. The van der Waals surface area contributed by atoms with Crippen LogP contribution in [0.2, 0.25) is 5.02 Å². The van der Waals surface area contributed by atoms with E-state index in [4.69, 9.17) is 20.8 Å². The Morgan fingerprint density at radius 3 is 2.70 bits per heavy atom. The summed E-state index contributed by atoms with van der Waals surface area (Å²) in [5.41, 5.74) is 1.08. The summed E-state index contributed by atoms with van der Waals surface area (Å²) >= 11 is 5.85. The number of nitrogens with one attached hydrogen (secondary N) is 1. The summed E-state index contributed by atoms with van der Waals surface area (Å²) in [4.78, 5) is 16.6. The molecule has 0 saturated carbocycles. The Bertz CT molecular complexity index is 1240. The van der Waals surface area contributed by atoms with Crippen molar-refractivity contribution in [2.75, 3.05) is 0 Å². The van der Waals surface area contributed by atoms with Crippen LogP contribution in [0.4, 0.5) is 0 Å². The van der Waals surface area contributed by atoms with E-state index in [1.807, 2.05) is 0 Å². The first-order chi connectivity index (χ1) is 14.3. The zero-order chi connectivity index (χ0) is 21.3. The first-order valence-corrected chi connectivity index (χ1v) is 10.6. The predicted molar refractivity (Wildman–Crippen MR) is 107 cm³/mol. The number of carbonyl (C=O) groups excluding carboxylic acids is 1. The average molecular weight is 447 g/mol. The Labute approximate surface area is 176 Å². The fraction of sp³-hybridized carbons (Fsp3) is 0.158. The third kappa shape index (κ3) is 4.05. The van der Waals surface area contributed by atoms with Crippen LogP contribution < -0.4 is 4.72 Å². The molecule has 0 bridgehead atoms. The van der Waals surface area contributed by atoms with Crippen molar-refractivity contribution in [3.8, 4) is 11.5 Å². The molecule has 11 heteroatoms. The molecule has 3 aromatic rings. The highest BCUT2D eigenvalue weighted by Gasteiger charge is 2.31. The Morgan fingerprint density at radius 1 is 1.20 bits per heavy atom. The van der Waals surface area contributed by atoms with Gasteiger partial charge in [0.15, 0.2) is 6.61 Å². The van der Waals surface area contributed by atoms with Gasteiger partial charge < -0.3 is 9.15 Å². The Morgan fingerprint density at radius 2 is 1.93 bits per heavy atom. The Hall–Kier alpha value is -3.24. The molecule has 0 radical (unpaired) electrons. The number of sulfonamides is 1. The number of fused-ring (bicyclic) bond motifs is 1. The number of aromatic nitrogens is 2. The summed E-state index contributed by atoms with van der Waals surface area (Å²) in [6.07, 6.45) is 0. The maximum Gasteiger partial charge on any atom is 0.331 e. The van der Waals surface area contributed by atoms with Gasteiger partial charge in [0, 0.05) is 16.1 Å². The number of nitrogens with zero attached hydrogens (tertiary/aromatic N) is 3. The van der Waals surface area contributed by atoms with Gasteiger partial charge in [-0.15, -0.1) is 10.2 Å². The minimum atomic E-state index is -3.68. The van der Waals surface area contributed by atoms with Crippen LogP contribution in [0.25, 0.3) is 11.5 Å². The number of esters is 1. The second-order valence-electron chi connectivity index (χ2n) is 6.37. The lowest BCUT2D eigenvalue weighted by molar-refractivity contribution is -0.146.